The summed E-state index contributed by atoms with van der Waals surface area (Å²) < 4.78 is 10.6. The molecule has 0 saturated carbocycles. The molecule has 7 nitrogen and oxygen atoms in total. The van der Waals surface area contributed by atoms with Crippen LogP contribution in [0, 0.1) is 11.8 Å². The lowest BCUT2D eigenvalue weighted by Crippen LogP contribution is -2.32. The summed E-state index contributed by atoms with van der Waals surface area (Å²) in [6, 6.07) is 3.15. The minimum absolute atomic E-state index is 0.0698. The van der Waals surface area contributed by atoms with Crippen LogP contribution in [0.3, 0.4) is 0 Å². The molecule has 26 heavy (non-hydrogen) atoms. The lowest BCUT2D eigenvalue weighted by molar-refractivity contribution is -0.119. The fourth-order valence-electron chi connectivity index (χ4n) is 3.73. The molecular weight excluding hydrogens is 358 g/mol. The zero-order valence-corrected chi connectivity index (χ0v) is 15.6. The van der Waals surface area contributed by atoms with Crippen LogP contribution in [0.5, 0.6) is 11.5 Å². The van der Waals surface area contributed by atoms with Crippen LogP contribution >= 0.6 is 11.6 Å². The van der Waals surface area contributed by atoms with E-state index in [2.05, 4.69) is 5.32 Å². The molecule has 2 aliphatic heterocycles. The summed E-state index contributed by atoms with van der Waals surface area (Å²) in [7, 11) is 1.46. The second-order valence-corrected chi connectivity index (χ2v) is 7.20. The summed E-state index contributed by atoms with van der Waals surface area (Å²) in [6.45, 7) is 3.24. The predicted octanol–water partition coefficient (Wildman–Crippen LogP) is 1.28. The lowest BCUT2D eigenvalue weighted by atomic mass is 9.92. The van der Waals surface area contributed by atoms with E-state index in [1.807, 2.05) is 4.90 Å². The number of ether oxygens (including phenoxy) is 2. The molecule has 0 unspecified atom stereocenters. The molecule has 0 spiro atoms. The molecule has 0 aliphatic carbocycles. The number of likely N-dealkylation sites (tertiary alicyclic amines) is 1. The first-order valence-corrected chi connectivity index (χ1v) is 9.16. The van der Waals surface area contributed by atoms with Crippen LogP contribution in [-0.2, 0) is 4.79 Å². The van der Waals surface area contributed by atoms with Crippen molar-refractivity contribution in [3.8, 4) is 11.5 Å². The quantitative estimate of drug-likeness (QED) is 0.801. The summed E-state index contributed by atoms with van der Waals surface area (Å²) in [5.41, 5.74) is 5.55. The van der Waals surface area contributed by atoms with Crippen molar-refractivity contribution in [2.75, 3.05) is 39.9 Å². The molecule has 1 aromatic carbocycles. The van der Waals surface area contributed by atoms with E-state index in [0.717, 1.165) is 39.0 Å². The van der Waals surface area contributed by atoms with Crippen molar-refractivity contribution in [2.45, 2.75) is 12.8 Å². The number of halogens is 1. The summed E-state index contributed by atoms with van der Waals surface area (Å²) in [6.07, 6.45) is 2.02. The largest absolute Gasteiger partial charge is 0.493 e. The van der Waals surface area contributed by atoms with Crippen molar-refractivity contribution in [1.82, 2.24) is 10.2 Å². The number of carbonyl (C=O) groups is 2. The van der Waals surface area contributed by atoms with Gasteiger partial charge in [-0.25, -0.2) is 0 Å². The van der Waals surface area contributed by atoms with Crippen LogP contribution in [0.15, 0.2) is 12.1 Å². The van der Waals surface area contributed by atoms with Gasteiger partial charge in [0.2, 0.25) is 0 Å². The van der Waals surface area contributed by atoms with Crippen LogP contribution in [-0.4, -0.2) is 56.6 Å². The molecule has 3 N–H and O–H groups in total. The Morgan fingerprint density at radius 3 is 2.50 bits per heavy atom. The molecule has 3 rings (SSSR count). The third-order valence-electron chi connectivity index (χ3n) is 5.14. The van der Waals surface area contributed by atoms with Crippen LogP contribution in [0.1, 0.15) is 23.2 Å². The van der Waals surface area contributed by atoms with Gasteiger partial charge in [-0.1, -0.05) is 11.6 Å². The number of rotatable bonds is 5. The first kappa shape index (κ1) is 18.8. The third-order valence-corrected chi connectivity index (χ3v) is 5.42. The molecule has 2 fully saturated rings. The molecule has 2 atom stereocenters. The van der Waals surface area contributed by atoms with Crippen LogP contribution in [0.4, 0.5) is 0 Å². The zero-order valence-electron chi connectivity index (χ0n) is 14.8. The van der Waals surface area contributed by atoms with Gasteiger partial charge in [-0.05, 0) is 49.9 Å². The van der Waals surface area contributed by atoms with E-state index in [-0.39, 0.29) is 23.3 Å². The average molecular weight is 382 g/mol. The summed E-state index contributed by atoms with van der Waals surface area (Å²) in [5.74, 6) is 1.12. The van der Waals surface area contributed by atoms with Crippen molar-refractivity contribution in [1.29, 1.82) is 0 Å². The van der Waals surface area contributed by atoms with Crippen LogP contribution in [0.25, 0.3) is 0 Å². The van der Waals surface area contributed by atoms with E-state index in [9.17, 15) is 9.59 Å². The van der Waals surface area contributed by atoms with Gasteiger partial charge < -0.3 is 25.4 Å². The molecular formula is C18H24ClN3O4. The van der Waals surface area contributed by atoms with Crippen molar-refractivity contribution < 1.29 is 19.1 Å². The Hall–Kier alpha value is -1.99. The molecule has 2 saturated heterocycles. The fourth-order valence-corrected chi connectivity index (χ4v) is 4.00. The maximum absolute atomic E-state index is 13.0. The van der Waals surface area contributed by atoms with Crippen LogP contribution < -0.4 is 20.5 Å². The van der Waals surface area contributed by atoms with Crippen LogP contribution in [0.2, 0.25) is 5.02 Å². The van der Waals surface area contributed by atoms with Gasteiger partial charge in [0.25, 0.3) is 11.8 Å². The molecule has 2 aliphatic rings. The monoisotopic (exact) mass is 381 g/mol. The van der Waals surface area contributed by atoms with Crippen molar-refractivity contribution in [3.63, 3.8) is 0 Å². The summed E-state index contributed by atoms with van der Waals surface area (Å²) in [5, 5.41) is 3.65. The van der Waals surface area contributed by atoms with E-state index >= 15 is 0 Å². The number of carbonyl (C=O) groups excluding carboxylic acids is 2. The second-order valence-electron chi connectivity index (χ2n) is 6.79. The second kappa shape index (κ2) is 8.14. The topological polar surface area (TPSA) is 93.9 Å². The van der Waals surface area contributed by atoms with Gasteiger partial charge in [0.1, 0.15) is 0 Å². The Bertz CT molecular complexity index is 683. The number of benzene rings is 1. The highest BCUT2D eigenvalue weighted by Crippen LogP contribution is 2.37. The van der Waals surface area contributed by atoms with Crippen molar-refractivity contribution in [3.05, 3.63) is 22.7 Å². The number of hydrogen-bond acceptors (Lipinski definition) is 5. The molecule has 0 bridgehead atoms. The van der Waals surface area contributed by atoms with E-state index in [4.69, 9.17) is 26.8 Å². The summed E-state index contributed by atoms with van der Waals surface area (Å²) in [4.78, 5) is 25.8. The standard InChI is InChI=1S/C18H24ClN3O4/c1-25-15-7-13(6-14(19)17(15)26-10-16(20)23)18(24)22-4-2-11-8-21-9-12(11)3-5-22/h6-7,11-12,21H,2-5,8-10H2,1H3,(H2,20,23)/t11-,12+. The Kier molecular flexibility index (Phi) is 5.88. The minimum Gasteiger partial charge on any atom is -0.493 e. The number of amides is 2. The van der Waals surface area contributed by atoms with Gasteiger partial charge in [0.05, 0.1) is 12.1 Å². The van der Waals surface area contributed by atoms with E-state index in [0.29, 0.717) is 23.1 Å². The molecule has 2 amide bonds. The predicted molar refractivity (Wildman–Crippen MR) is 97.7 cm³/mol. The zero-order chi connectivity index (χ0) is 18.7. The maximum atomic E-state index is 13.0. The van der Waals surface area contributed by atoms with Gasteiger partial charge in [0, 0.05) is 18.7 Å². The number of nitrogens with one attached hydrogen (secondary N) is 1. The molecule has 0 radical (unpaired) electrons. The van der Waals surface area contributed by atoms with Gasteiger partial charge >= 0.3 is 0 Å². The number of primary amides is 1. The molecule has 1 aromatic rings. The molecule has 2 heterocycles. The van der Waals surface area contributed by atoms with Crippen molar-refractivity contribution >= 4 is 23.4 Å². The summed E-state index contributed by atoms with van der Waals surface area (Å²) >= 11 is 6.25. The lowest BCUT2D eigenvalue weighted by Gasteiger charge is -2.22. The maximum Gasteiger partial charge on any atom is 0.255 e. The number of hydrogen-bond donors (Lipinski definition) is 2. The Labute approximate surface area is 157 Å². The highest BCUT2D eigenvalue weighted by atomic mass is 35.5. The van der Waals surface area contributed by atoms with E-state index < -0.39 is 5.91 Å². The number of nitrogens with zero attached hydrogens (tertiary/aromatic N) is 1. The fraction of sp³-hybridized carbons (Fsp3) is 0.556. The smallest absolute Gasteiger partial charge is 0.255 e. The molecule has 8 heteroatoms. The first-order chi connectivity index (χ1) is 12.5. The minimum atomic E-state index is -0.618. The Balaban J connectivity index is 1.76. The van der Waals surface area contributed by atoms with Crippen molar-refractivity contribution in [2.24, 2.45) is 17.6 Å². The average Bonchev–Trinajstić information content (AvgIpc) is 2.97. The van der Waals surface area contributed by atoms with Gasteiger partial charge in [0.15, 0.2) is 18.1 Å². The Morgan fingerprint density at radius 1 is 1.27 bits per heavy atom. The highest BCUT2D eigenvalue weighted by molar-refractivity contribution is 6.32. The third kappa shape index (κ3) is 4.04. The number of methoxy groups -OCH3 is 1. The number of fused-ring (bicyclic) bond motifs is 1. The highest BCUT2D eigenvalue weighted by Gasteiger charge is 2.32. The van der Waals surface area contributed by atoms with Gasteiger partial charge in [-0.3, -0.25) is 9.59 Å². The molecule has 142 valence electrons. The first-order valence-electron chi connectivity index (χ1n) is 8.78. The molecule has 0 aromatic heterocycles. The van der Waals surface area contributed by atoms with Gasteiger partial charge in [-0.15, -0.1) is 0 Å². The number of nitrogens with two attached hydrogens (primary N) is 1. The SMILES string of the molecule is COc1cc(C(=O)N2CC[C@@H]3CNC[C@@H]3CC2)cc(Cl)c1OCC(N)=O. The van der Waals surface area contributed by atoms with E-state index in [1.54, 1.807) is 12.1 Å². The van der Waals surface area contributed by atoms with Gasteiger partial charge in [-0.2, -0.15) is 0 Å². The normalized spacial score (nSPS) is 22.5. The van der Waals surface area contributed by atoms with E-state index in [1.165, 1.54) is 7.11 Å². The Morgan fingerprint density at radius 2 is 1.92 bits per heavy atom.